The predicted molar refractivity (Wildman–Crippen MR) is 84.9 cm³/mol. The number of carbonyl (C=O) groups is 1. The van der Waals surface area contributed by atoms with Crippen molar-refractivity contribution in [3.05, 3.63) is 30.0 Å². The van der Waals surface area contributed by atoms with Gasteiger partial charge in [-0.3, -0.25) is 4.90 Å². The van der Waals surface area contributed by atoms with Crippen molar-refractivity contribution in [2.75, 3.05) is 46.1 Å². The van der Waals surface area contributed by atoms with Crippen molar-refractivity contribution in [2.24, 2.45) is 0 Å². The molecule has 6 heteroatoms. The quantitative estimate of drug-likeness (QED) is 0.762. The third-order valence-electron chi connectivity index (χ3n) is 3.75. The van der Waals surface area contributed by atoms with E-state index in [-0.39, 0.29) is 5.76 Å². The largest absolute Gasteiger partial charge is 0.488 e. The Hall–Kier alpha value is -2.05. The average Bonchev–Trinajstić information content (AvgIpc) is 3.01. The number of fused-ring (bicyclic) bond motifs is 1. The molecular weight excluding hydrogens is 298 g/mol. The average molecular weight is 319 g/mol. The molecule has 124 valence electrons. The second-order valence-corrected chi connectivity index (χ2v) is 5.31. The lowest BCUT2D eigenvalue weighted by atomic mass is 10.2. The second kappa shape index (κ2) is 7.48. The van der Waals surface area contributed by atoms with Gasteiger partial charge in [-0.25, -0.2) is 4.79 Å². The summed E-state index contributed by atoms with van der Waals surface area (Å²) in [4.78, 5) is 14.1. The van der Waals surface area contributed by atoms with Crippen LogP contribution in [0.2, 0.25) is 0 Å². The van der Waals surface area contributed by atoms with Gasteiger partial charge < -0.3 is 18.6 Å². The summed E-state index contributed by atoms with van der Waals surface area (Å²) in [5, 5.41) is 0.830. The maximum Gasteiger partial charge on any atom is 0.374 e. The third kappa shape index (κ3) is 3.83. The first kappa shape index (κ1) is 15.8. The van der Waals surface area contributed by atoms with E-state index in [0.717, 1.165) is 38.2 Å². The van der Waals surface area contributed by atoms with Gasteiger partial charge in [-0.05, 0) is 19.1 Å². The molecule has 1 aromatic heterocycles. The lowest BCUT2D eigenvalue weighted by molar-refractivity contribution is 0.0323. The van der Waals surface area contributed by atoms with Crippen LogP contribution in [0.5, 0.6) is 5.75 Å². The van der Waals surface area contributed by atoms with Gasteiger partial charge in [-0.2, -0.15) is 0 Å². The summed E-state index contributed by atoms with van der Waals surface area (Å²) < 4.78 is 21.8. The van der Waals surface area contributed by atoms with Crippen molar-refractivity contribution in [1.29, 1.82) is 0 Å². The van der Waals surface area contributed by atoms with E-state index in [0.29, 0.717) is 24.5 Å². The van der Waals surface area contributed by atoms with E-state index >= 15 is 0 Å². The van der Waals surface area contributed by atoms with Crippen molar-refractivity contribution < 1.29 is 23.4 Å². The summed E-state index contributed by atoms with van der Waals surface area (Å²) in [6, 6.07) is 7.30. The van der Waals surface area contributed by atoms with Crippen LogP contribution in [-0.2, 0) is 9.47 Å². The Balaban J connectivity index is 1.66. The van der Waals surface area contributed by atoms with Gasteiger partial charge in [0.05, 0.1) is 19.8 Å². The molecule has 0 aliphatic carbocycles. The van der Waals surface area contributed by atoms with E-state index in [2.05, 4.69) is 4.90 Å². The number of morpholine rings is 1. The topological polar surface area (TPSA) is 61.1 Å². The number of furan rings is 1. The third-order valence-corrected chi connectivity index (χ3v) is 3.75. The summed E-state index contributed by atoms with van der Waals surface area (Å²) in [6.45, 7) is 6.90. The smallest absolute Gasteiger partial charge is 0.374 e. The van der Waals surface area contributed by atoms with Crippen molar-refractivity contribution in [2.45, 2.75) is 6.92 Å². The lowest BCUT2D eigenvalue weighted by Crippen LogP contribution is -2.38. The number of carbonyl (C=O) groups excluding carboxylic acids is 1. The number of benzene rings is 1. The van der Waals surface area contributed by atoms with Crippen LogP contribution in [0.3, 0.4) is 0 Å². The van der Waals surface area contributed by atoms with Crippen molar-refractivity contribution in [3.63, 3.8) is 0 Å². The molecule has 6 nitrogen and oxygen atoms in total. The van der Waals surface area contributed by atoms with Gasteiger partial charge in [0, 0.05) is 25.0 Å². The molecular formula is C17H21NO5. The normalized spacial score (nSPS) is 15.7. The highest BCUT2D eigenvalue weighted by Crippen LogP contribution is 2.29. The molecule has 0 unspecified atom stereocenters. The highest BCUT2D eigenvalue weighted by molar-refractivity contribution is 5.94. The molecule has 0 amide bonds. The van der Waals surface area contributed by atoms with E-state index < -0.39 is 5.97 Å². The Morgan fingerprint density at radius 2 is 2.13 bits per heavy atom. The SMILES string of the molecule is CCOC(=O)c1cc2cccc(OCCN3CCOCC3)c2o1. The van der Waals surface area contributed by atoms with Gasteiger partial charge in [-0.1, -0.05) is 12.1 Å². The van der Waals surface area contributed by atoms with Crippen LogP contribution in [0.4, 0.5) is 0 Å². The molecule has 2 aromatic rings. The number of rotatable bonds is 6. The molecule has 0 saturated carbocycles. The Labute approximate surface area is 134 Å². The Kier molecular flexibility index (Phi) is 5.15. The first-order valence-corrected chi connectivity index (χ1v) is 7.90. The number of hydrogen-bond donors (Lipinski definition) is 0. The molecule has 0 atom stereocenters. The molecule has 2 heterocycles. The molecule has 23 heavy (non-hydrogen) atoms. The number of nitrogens with zero attached hydrogens (tertiary/aromatic N) is 1. The molecule has 1 aromatic carbocycles. The molecule has 0 radical (unpaired) electrons. The van der Waals surface area contributed by atoms with Gasteiger partial charge in [0.25, 0.3) is 0 Å². The van der Waals surface area contributed by atoms with Crippen LogP contribution in [0.25, 0.3) is 11.0 Å². The van der Waals surface area contributed by atoms with Gasteiger partial charge in [0.2, 0.25) is 5.76 Å². The summed E-state index contributed by atoms with van der Waals surface area (Å²) in [5.41, 5.74) is 0.581. The van der Waals surface area contributed by atoms with Gasteiger partial charge in [0.1, 0.15) is 6.61 Å². The van der Waals surface area contributed by atoms with E-state index in [1.165, 1.54) is 0 Å². The molecule has 1 aliphatic heterocycles. The van der Waals surface area contributed by atoms with Crippen LogP contribution in [-0.4, -0.2) is 56.9 Å². The number of para-hydroxylation sites is 1. The van der Waals surface area contributed by atoms with Crippen LogP contribution < -0.4 is 4.74 Å². The number of hydrogen-bond acceptors (Lipinski definition) is 6. The molecule has 1 aliphatic rings. The van der Waals surface area contributed by atoms with E-state index in [4.69, 9.17) is 18.6 Å². The van der Waals surface area contributed by atoms with Gasteiger partial charge in [0.15, 0.2) is 11.3 Å². The fourth-order valence-corrected chi connectivity index (χ4v) is 2.56. The zero-order chi connectivity index (χ0) is 16.1. The Bertz CT molecular complexity index is 660. The summed E-state index contributed by atoms with van der Waals surface area (Å²) in [6.07, 6.45) is 0. The minimum absolute atomic E-state index is 0.200. The maximum absolute atomic E-state index is 11.8. The van der Waals surface area contributed by atoms with E-state index in [1.807, 2.05) is 18.2 Å². The van der Waals surface area contributed by atoms with Crippen LogP contribution in [0.15, 0.2) is 28.7 Å². The van der Waals surface area contributed by atoms with Crippen LogP contribution in [0.1, 0.15) is 17.5 Å². The van der Waals surface area contributed by atoms with Gasteiger partial charge in [-0.15, -0.1) is 0 Å². The summed E-state index contributed by atoms with van der Waals surface area (Å²) in [5.74, 6) is 0.389. The predicted octanol–water partition coefficient (Wildman–Crippen LogP) is 2.32. The minimum atomic E-state index is -0.456. The zero-order valence-electron chi connectivity index (χ0n) is 13.2. The minimum Gasteiger partial charge on any atom is -0.488 e. The lowest BCUT2D eigenvalue weighted by Gasteiger charge is -2.26. The Morgan fingerprint density at radius 3 is 2.91 bits per heavy atom. The molecule has 3 rings (SSSR count). The second-order valence-electron chi connectivity index (χ2n) is 5.31. The zero-order valence-corrected chi connectivity index (χ0v) is 13.2. The first-order valence-electron chi connectivity index (χ1n) is 7.90. The van der Waals surface area contributed by atoms with E-state index in [1.54, 1.807) is 13.0 Å². The monoisotopic (exact) mass is 319 g/mol. The fraction of sp³-hybridized carbons (Fsp3) is 0.471. The Morgan fingerprint density at radius 1 is 1.30 bits per heavy atom. The van der Waals surface area contributed by atoms with Gasteiger partial charge >= 0.3 is 5.97 Å². The fourth-order valence-electron chi connectivity index (χ4n) is 2.56. The highest BCUT2D eigenvalue weighted by atomic mass is 16.5. The molecule has 0 N–H and O–H groups in total. The molecule has 1 fully saturated rings. The highest BCUT2D eigenvalue weighted by Gasteiger charge is 2.16. The van der Waals surface area contributed by atoms with Crippen LogP contribution >= 0.6 is 0 Å². The van der Waals surface area contributed by atoms with Crippen molar-refractivity contribution in [3.8, 4) is 5.75 Å². The standard InChI is InChI=1S/C17H21NO5/c1-2-21-17(19)15-12-13-4-3-5-14(16(13)23-15)22-11-8-18-6-9-20-10-7-18/h3-5,12H,2,6-11H2,1H3. The van der Waals surface area contributed by atoms with Crippen molar-refractivity contribution >= 4 is 16.9 Å². The molecule has 0 bridgehead atoms. The summed E-state index contributed by atoms with van der Waals surface area (Å²) >= 11 is 0. The van der Waals surface area contributed by atoms with Crippen molar-refractivity contribution in [1.82, 2.24) is 4.90 Å². The maximum atomic E-state index is 11.8. The summed E-state index contributed by atoms with van der Waals surface area (Å²) in [7, 11) is 0. The molecule has 0 spiro atoms. The number of ether oxygens (including phenoxy) is 3. The van der Waals surface area contributed by atoms with Crippen LogP contribution in [0, 0.1) is 0 Å². The molecule has 1 saturated heterocycles. The number of esters is 1. The van der Waals surface area contributed by atoms with E-state index in [9.17, 15) is 4.79 Å². The first-order chi connectivity index (χ1) is 11.3.